The van der Waals surface area contributed by atoms with E-state index in [4.69, 9.17) is 0 Å². The fraction of sp³-hybridized carbons (Fsp3) is 0.158. The van der Waals surface area contributed by atoms with Gasteiger partial charge in [0.05, 0.1) is 21.8 Å². The minimum Gasteiger partial charge on any atom is -0.341 e. The van der Waals surface area contributed by atoms with Crippen molar-refractivity contribution >= 4 is 50.5 Å². The first kappa shape index (κ1) is 20.1. The summed E-state index contributed by atoms with van der Waals surface area (Å²) in [4.78, 5) is 41.4. The molecule has 0 fully saturated rings. The predicted molar refractivity (Wildman–Crippen MR) is 113 cm³/mol. The molecule has 1 aromatic heterocycles. The lowest BCUT2D eigenvalue weighted by molar-refractivity contribution is -0.119. The Labute approximate surface area is 173 Å². The van der Waals surface area contributed by atoms with Gasteiger partial charge in [0.1, 0.15) is 0 Å². The molecule has 1 heterocycles. The van der Waals surface area contributed by atoms with Crippen LogP contribution >= 0.6 is 27.7 Å². The summed E-state index contributed by atoms with van der Waals surface area (Å²) in [7, 11) is 1.43. The molecule has 0 aliphatic carbocycles. The number of rotatable bonds is 4. The van der Waals surface area contributed by atoms with Crippen LogP contribution in [0.25, 0.3) is 16.6 Å². The van der Waals surface area contributed by atoms with Gasteiger partial charge in [0, 0.05) is 11.5 Å². The Kier molecular flexibility index (Phi) is 6.15. The molecular formula is C19H17BrN4O3S. The Morgan fingerprint density at radius 2 is 1.89 bits per heavy atom. The zero-order chi connectivity index (χ0) is 20.3. The van der Waals surface area contributed by atoms with Gasteiger partial charge in [0.15, 0.2) is 5.16 Å². The summed E-state index contributed by atoms with van der Waals surface area (Å²) >= 11 is 4.49. The molecule has 0 bridgehead atoms. The fourth-order valence-corrected chi connectivity index (χ4v) is 3.80. The van der Waals surface area contributed by atoms with E-state index in [1.165, 1.54) is 11.6 Å². The van der Waals surface area contributed by atoms with Crippen molar-refractivity contribution in [3.05, 3.63) is 63.4 Å². The number of hydrogen-bond donors (Lipinski definition) is 2. The monoisotopic (exact) mass is 460 g/mol. The van der Waals surface area contributed by atoms with Crippen LogP contribution in [0.15, 0.2) is 63.0 Å². The van der Waals surface area contributed by atoms with E-state index in [1.54, 1.807) is 37.3 Å². The van der Waals surface area contributed by atoms with Gasteiger partial charge in [0.25, 0.3) is 5.56 Å². The molecule has 28 heavy (non-hydrogen) atoms. The number of fused-ring (bicyclic) bond motifs is 1. The maximum absolute atomic E-state index is 13.2. The molecule has 9 heteroatoms. The van der Waals surface area contributed by atoms with Gasteiger partial charge in [-0.1, -0.05) is 45.9 Å². The van der Waals surface area contributed by atoms with Crippen LogP contribution in [0.4, 0.5) is 4.79 Å². The van der Waals surface area contributed by atoms with E-state index < -0.39 is 17.2 Å². The van der Waals surface area contributed by atoms with E-state index in [2.05, 4.69) is 31.5 Å². The zero-order valence-corrected chi connectivity index (χ0v) is 17.5. The number of carbonyl (C=O) groups excluding carboxylic acids is 2. The summed E-state index contributed by atoms with van der Waals surface area (Å²) in [6, 6.07) is 13.8. The average Bonchev–Trinajstić information content (AvgIpc) is 2.69. The number of imide groups is 1. The molecule has 3 amide bonds. The quantitative estimate of drug-likeness (QED) is 0.460. The van der Waals surface area contributed by atoms with Crippen molar-refractivity contribution in [2.75, 3.05) is 7.05 Å². The number of amides is 3. The number of thioether (sulfide) groups is 1. The molecule has 0 aliphatic rings. The number of aromatic nitrogens is 2. The van der Waals surface area contributed by atoms with E-state index >= 15 is 0 Å². The molecular weight excluding hydrogens is 444 g/mol. The highest BCUT2D eigenvalue weighted by atomic mass is 79.9. The number of carbonyl (C=O) groups is 2. The van der Waals surface area contributed by atoms with Crippen LogP contribution in [0, 0.1) is 0 Å². The largest absolute Gasteiger partial charge is 0.341 e. The molecule has 7 nitrogen and oxygen atoms in total. The molecule has 1 atom stereocenters. The van der Waals surface area contributed by atoms with E-state index in [1.807, 2.05) is 18.2 Å². The second-order valence-corrected chi connectivity index (χ2v) is 8.08. The number of nitrogens with one attached hydrogen (secondary N) is 2. The fourth-order valence-electron chi connectivity index (χ4n) is 2.51. The SMILES string of the molecule is CNC(=O)NC(=O)C(C)Sc1nc2ccc(Br)cc2c(=O)n1-c1ccccc1. The minimum absolute atomic E-state index is 0.237. The van der Waals surface area contributed by atoms with Crippen molar-refractivity contribution in [1.82, 2.24) is 20.2 Å². The van der Waals surface area contributed by atoms with Crippen LogP contribution in [-0.2, 0) is 4.79 Å². The third kappa shape index (κ3) is 4.26. The summed E-state index contributed by atoms with van der Waals surface area (Å²) in [5.74, 6) is -0.478. The van der Waals surface area contributed by atoms with E-state index in [-0.39, 0.29) is 5.56 Å². The van der Waals surface area contributed by atoms with Crippen molar-refractivity contribution in [2.24, 2.45) is 0 Å². The zero-order valence-electron chi connectivity index (χ0n) is 15.1. The van der Waals surface area contributed by atoms with Crippen LogP contribution in [0.3, 0.4) is 0 Å². The number of halogens is 1. The average molecular weight is 461 g/mol. The van der Waals surface area contributed by atoms with Crippen LogP contribution in [0.5, 0.6) is 0 Å². The second kappa shape index (κ2) is 8.57. The second-order valence-electron chi connectivity index (χ2n) is 5.86. The Bertz CT molecular complexity index is 1100. The normalized spacial score (nSPS) is 11.8. The molecule has 144 valence electrons. The number of urea groups is 1. The van der Waals surface area contributed by atoms with Crippen molar-refractivity contribution < 1.29 is 9.59 Å². The third-order valence-electron chi connectivity index (χ3n) is 3.93. The van der Waals surface area contributed by atoms with Crippen molar-refractivity contribution in [3.8, 4) is 5.69 Å². The van der Waals surface area contributed by atoms with E-state index in [0.29, 0.717) is 21.7 Å². The summed E-state index contributed by atoms with van der Waals surface area (Å²) in [6.07, 6.45) is 0. The van der Waals surface area contributed by atoms with Crippen LogP contribution < -0.4 is 16.2 Å². The predicted octanol–water partition coefficient (Wildman–Crippen LogP) is 3.08. The summed E-state index contributed by atoms with van der Waals surface area (Å²) in [5, 5.41) is 4.75. The van der Waals surface area contributed by atoms with Gasteiger partial charge in [-0.25, -0.2) is 9.78 Å². The van der Waals surface area contributed by atoms with Gasteiger partial charge in [-0.15, -0.1) is 0 Å². The Morgan fingerprint density at radius 1 is 1.18 bits per heavy atom. The first-order valence-electron chi connectivity index (χ1n) is 8.37. The maximum Gasteiger partial charge on any atom is 0.321 e. The molecule has 3 aromatic rings. The van der Waals surface area contributed by atoms with Crippen molar-refractivity contribution in [1.29, 1.82) is 0 Å². The molecule has 1 unspecified atom stereocenters. The number of hydrogen-bond acceptors (Lipinski definition) is 5. The molecule has 0 saturated heterocycles. The van der Waals surface area contributed by atoms with E-state index in [9.17, 15) is 14.4 Å². The number of benzene rings is 2. The van der Waals surface area contributed by atoms with Crippen LogP contribution in [0.2, 0.25) is 0 Å². The highest BCUT2D eigenvalue weighted by Gasteiger charge is 2.21. The van der Waals surface area contributed by atoms with Gasteiger partial charge < -0.3 is 5.32 Å². The molecule has 2 N–H and O–H groups in total. The summed E-state index contributed by atoms with van der Waals surface area (Å²) in [6.45, 7) is 1.65. The van der Waals surface area contributed by atoms with Crippen molar-refractivity contribution in [2.45, 2.75) is 17.3 Å². The molecule has 0 saturated carbocycles. The third-order valence-corrected chi connectivity index (χ3v) is 5.47. The lowest BCUT2D eigenvalue weighted by Crippen LogP contribution is -2.41. The Balaban J connectivity index is 2.10. The molecule has 0 radical (unpaired) electrons. The Hall–Kier alpha value is -2.65. The van der Waals surface area contributed by atoms with Gasteiger partial charge in [-0.2, -0.15) is 0 Å². The highest BCUT2D eigenvalue weighted by molar-refractivity contribution is 9.10. The molecule has 2 aromatic carbocycles. The lowest BCUT2D eigenvalue weighted by atomic mass is 10.2. The number of para-hydroxylation sites is 1. The molecule has 0 spiro atoms. The summed E-state index contributed by atoms with van der Waals surface area (Å²) < 4.78 is 2.25. The van der Waals surface area contributed by atoms with E-state index in [0.717, 1.165) is 16.2 Å². The van der Waals surface area contributed by atoms with Crippen molar-refractivity contribution in [3.63, 3.8) is 0 Å². The topological polar surface area (TPSA) is 93.1 Å². The van der Waals surface area contributed by atoms with Gasteiger partial charge in [0.2, 0.25) is 5.91 Å². The summed E-state index contributed by atoms with van der Waals surface area (Å²) in [5.41, 5.74) is 0.934. The highest BCUT2D eigenvalue weighted by Crippen LogP contribution is 2.26. The molecule has 3 rings (SSSR count). The standard InChI is InChI=1S/C19H17BrN4O3S/c1-11(16(25)23-18(27)21-2)28-19-22-15-9-8-12(20)10-14(15)17(26)24(19)13-6-4-3-5-7-13/h3-11H,1-2H3,(H2,21,23,25,27). The minimum atomic E-state index is -0.646. The lowest BCUT2D eigenvalue weighted by Gasteiger charge is -2.16. The maximum atomic E-state index is 13.2. The first-order chi connectivity index (χ1) is 13.4. The van der Waals surface area contributed by atoms with Crippen LogP contribution in [0.1, 0.15) is 6.92 Å². The van der Waals surface area contributed by atoms with Gasteiger partial charge in [-0.05, 0) is 37.3 Å². The van der Waals surface area contributed by atoms with Gasteiger partial charge >= 0.3 is 6.03 Å². The molecule has 0 aliphatic heterocycles. The first-order valence-corrected chi connectivity index (χ1v) is 10.0. The van der Waals surface area contributed by atoms with Crippen LogP contribution in [-0.4, -0.2) is 33.8 Å². The Morgan fingerprint density at radius 3 is 2.57 bits per heavy atom. The number of nitrogens with zero attached hydrogens (tertiary/aromatic N) is 2. The smallest absolute Gasteiger partial charge is 0.321 e. The van der Waals surface area contributed by atoms with Gasteiger partial charge in [-0.3, -0.25) is 19.5 Å².